The van der Waals surface area contributed by atoms with Gasteiger partial charge in [0, 0.05) is 6.16 Å². The normalized spacial score (nSPS) is 15.0. The van der Waals surface area contributed by atoms with E-state index < -0.39 is 6.23 Å². The molecule has 0 amide bonds. The van der Waals surface area contributed by atoms with E-state index in [2.05, 4.69) is 9.24 Å². The lowest BCUT2D eigenvalue weighted by Gasteiger charge is -1.91. The Bertz CT molecular complexity index is 23.6. The molecule has 32 valence electrons. The Labute approximate surface area is 33.6 Å². The molecule has 0 heterocycles. The van der Waals surface area contributed by atoms with Gasteiger partial charge in [-0.1, -0.05) is 0 Å². The van der Waals surface area contributed by atoms with Gasteiger partial charge >= 0.3 is 0 Å². The quantitative estimate of drug-likeness (QED) is 0.327. The van der Waals surface area contributed by atoms with Crippen LogP contribution in [0.15, 0.2) is 0 Å². The topological polar surface area (TPSA) is 46.2 Å². The number of rotatable bonds is 1. The molecule has 0 saturated heterocycles. The fraction of sp³-hybridized carbons (Fsp3) is 1.00. The summed E-state index contributed by atoms with van der Waals surface area (Å²) in [5.74, 6) is 0. The first kappa shape index (κ1) is 5.35. The lowest BCUT2D eigenvalue weighted by atomic mass is 10.7. The number of aliphatic hydroxyl groups is 1. The van der Waals surface area contributed by atoms with E-state index in [4.69, 9.17) is 10.8 Å². The third kappa shape index (κ3) is 4.35. The van der Waals surface area contributed by atoms with E-state index in [0.29, 0.717) is 6.16 Å². The van der Waals surface area contributed by atoms with Gasteiger partial charge < -0.3 is 10.8 Å². The number of hydrogen-bond acceptors (Lipinski definition) is 2. The molecule has 0 aliphatic heterocycles. The monoisotopic (exact) mass is 93.0 g/mol. The maximum absolute atomic E-state index is 8.12. The predicted molar refractivity (Wildman–Crippen MR) is 24.8 cm³/mol. The molecule has 2 unspecified atom stereocenters. The Kier molecular flexibility index (Phi) is 2.76. The van der Waals surface area contributed by atoms with Gasteiger partial charge in [0.25, 0.3) is 0 Å². The van der Waals surface area contributed by atoms with E-state index in [1.54, 1.807) is 0 Å². The molecule has 0 fully saturated rings. The summed E-state index contributed by atoms with van der Waals surface area (Å²) in [6.07, 6.45) is -0.0972. The van der Waals surface area contributed by atoms with Gasteiger partial charge in [-0.05, 0) is 0 Å². The Hall–Kier alpha value is 0.350. The van der Waals surface area contributed by atoms with Gasteiger partial charge in [-0.25, -0.2) is 0 Å². The van der Waals surface area contributed by atoms with Crippen molar-refractivity contribution in [3.8, 4) is 0 Å². The molecular formula is C2H8NOP. The van der Waals surface area contributed by atoms with E-state index in [1.165, 1.54) is 0 Å². The SMILES string of the molecule is NC(O)CP. The first-order valence-corrected chi connectivity index (χ1v) is 2.22. The van der Waals surface area contributed by atoms with Crippen LogP contribution < -0.4 is 5.73 Å². The molecule has 0 spiro atoms. The zero-order chi connectivity index (χ0) is 4.28. The van der Waals surface area contributed by atoms with Crippen molar-refractivity contribution in [3.05, 3.63) is 0 Å². The average Bonchev–Trinajstić information content (AvgIpc) is 1.38. The van der Waals surface area contributed by atoms with Gasteiger partial charge in [-0.15, -0.1) is 9.24 Å². The highest BCUT2D eigenvalue weighted by Crippen LogP contribution is 1.78. The van der Waals surface area contributed by atoms with E-state index >= 15 is 0 Å². The van der Waals surface area contributed by atoms with Crippen molar-refractivity contribution in [1.29, 1.82) is 0 Å². The minimum absolute atomic E-state index is 0.556. The van der Waals surface area contributed by atoms with E-state index in [1.807, 2.05) is 0 Å². The first-order chi connectivity index (χ1) is 2.27. The van der Waals surface area contributed by atoms with Crippen molar-refractivity contribution in [2.24, 2.45) is 5.73 Å². The fourth-order valence-electron chi connectivity index (χ4n) is 0. The highest BCUT2D eigenvalue weighted by atomic mass is 31.0. The van der Waals surface area contributed by atoms with Crippen LogP contribution in [-0.2, 0) is 0 Å². The molecule has 3 heteroatoms. The van der Waals surface area contributed by atoms with E-state index in [9.17, 15) is 0 Å². The molecule has 0 bridgehead atoms. The second-order valence-corrected chi connectivity index (χ2v) is 1.27. The summed E-state index contributed by atoms with van der Waals surface area (Å²) >= 11 is 0. The molecule has 0 radical (unpaired) electrons. The molecule has 0 saturated carbocycles. The van der Waals surface area contributed by atoms with Crippen molar-refractivity contribution >= 4 is 9.24 Å². The van der Waals surface area contributed by atoms with E-state index in [0.717, 1.165) is 0 Å². The lowest BCUT2D eigenvalue weighted by Crippen LogP contribution is -2.19. The molecule has 0 aromatic rings. The molecule has 0 aliphatic rings. The van der Waals surface area contributed by atoms with Gasteiger partial charge in [0.1, 0.15) is 6.23 Å². The Morgan fingerprint density at radius 3 is 2.20 bits per heavy atom. The largest absolute Gasteiger partial charge is 0.378 e. The number of hydrogen-bond donors (Lipinski definition) is 2. The average molecular weight is 93.1 g/mol. The van der Waals surface area contributed by atoms with Crippen LogP contribution in [0.1, 0.15) is 0 Å². The standard InChI is InChI=1S/C2H8NOP/c3-2(4)1-5/h2,4H,1,3,5H2. The maximum Gasteiger partial charge on any atom is 0.105 e. The summed E-state index contributed by atoms with van der Waals surface area (Å²) in [4.78, 5) is 0. The van der Waals surface area contributed by atoms with Crippen molar-refractivity contribution in [3.63, 3.8) is 0 Å². The van der Waals surface area contributed by atoms with Crippen LogP contribution >= 0.6 is 9.24 Å². The molecule has 3 N–H and O–H groups in total. The summed E-state index contributed by atoms with van der Waals surface area (Å²) in [6, 6.07) is 0. The molecule has 0 rings (SSSR count). The summed E-state index contributed by atoms with van der Waals surface area (Å²) in [6.45, 7) is 0. The summed E-state index contributed by atoms with van der Waals surface area (Å²) in [7, 11) is 2.32. The maximum atomic E-state index is 8.12. The molecular weight excluding hydrogens is 85.0 g/mol. The van der Waals surface area contributed by atoms with Gasteiger partial charge in [0.2, 0.25) is 0 Å². The Morgan fingerprint density at radius 2 is 2.20 bits per heavy atom. The third-order valence-corrected chi connectivity index (χ3v) is 0.724. The van der Waals surface area contributed by atoms with Crippen molar-refractivity contribution in [1.82, 2.24) is 0 Å². The van der Waals surface area contributed by atoms with Crippen LogP contribution in [0.3, 0.4) is 0 Å². The van der Waals surface area contributed by atoms with Crippen LogP contribution in [0.4, 0.5) is 0 Å². The molecule has 0 aromatic carbocycles. The van der Waals surface area contributed by atoms with E-state index in [-0.39, 0.29) is 0 Å². The summed E-state index contributed by atoms with van der Waals surface area (Å²) in [5, 5.41) is 8.12. The third-order valence-electron chi connectivity index (χ3n) is 0.241. The second-order valence-electron chi connectivity index (χ2n) is 0.803. The number of aliphatic hydroxyl groups excluding tert-OH is 1. The van der Waals surface area contributed by atoms with Crippen LogP contribution in [0.5, 0.6) is 0 Å². The molecule has 0 aromatic heterocycles. The predicted octanol–water partition coefficient (Wildman–Crippen LogP) is -0.861. The van der Waals surface area contributed by atoms with Gasteiger partial charge in [0.05, 0.1) is 0 Å². The molecule has 5 heavy (non-hydrogen) atoms. The first-order valence-electron chi connectivity index (χ1n) is 1.41. The summed E-state index contributed by atoms with van der Waals surface area (Å²) in [5.41, 5.74) is 4.83. The van der Waals surface area contributed by atoms with Crippen LogP contribution in [0.25, 0.3) is 0 Å². The zero-order valence-electron chi connectivity index (χ0n) is 2.89. The lowest BCUT2D eigenvalue weighted by molar-refractivity contribution is 0.208. The minimum Gasteiger partial charge on any atom is -0.378 e. The molecule has 2 nitrogen and oxygen atoms in total. The zero-order valence-corrected chi connectivity index (χ0v) is 4.04. The molecule has 0 aliphatic carbocycles. The highest BCUT2D eigenvalue weighted by Gasteiger charge is 1.81. The van der Waals surface area contributed by atoms with Gasteiger partial charge in [-0.3, -0.25) is 0 Å². The highest BCUT2D eigenvalue weighted by molar-refractivity contribution is 7.16. The Morgan fingerprint density at radius 1 is 2.00 bits per heavy atom. The summed E-state index contributed by atoms with van der Waals surface area (Å²) < 4.78 is 0. The number of nitrogens with two attached hydrogens (primary N) is 1. The van der Waals surface area contributed by atoms with Crippen LogP contribution in [0, 0.1) is 0 Å². The van der Waals surface area contributed by atoms with Crippen molar-refractivity contribution in [2.75, 3.05) is 6.16 Å². The second kappa shape index (κ2) is 2.58. The Balaban J connectivity index is 2.54. The fourth-order valence-corrected chi connectivity index (χ4v) is 0. The smallest absolute Gasteiger partial charge is 0.105 e. The van der Waals surface area contributed by atoms with Crippen LogP contribution in [0.2, 0.25) is 0 Å². The van der Waals surface area contributed by atoms with Gasteiger partial charge in [-0.2, -0.15) is 0 Å². The molecule has 2 atom stereocenters. The minimum atomic E-state index is -0.653. The van der Waals surface area contributed by atoms with Crippen LogP contribution in [-0.4, -0.2) is 17.5 Å². The van der Waals surface area contributed by atoms with Crippen molar-refractivity contribution in [2.45, 2.75) is 6.23 Å². The van der Waals surface area contributed by atoms with Gasteiger partial charge in [0.15, 0.2) is 0 Å². The van der Waals surface area contributed by atoms with Crippen molar-refractivity contribution < 1.29 is 5.11 Å².